The average Bonchev–Trinajstić information content (AvgIpc) is 2.42. The van der Waals surface area contributed by atoms with Crippen LogP contribution in [0.3, 0.4) is 0 Å². The molecule has 0 aromatic heterocycles. The first-order valence-electron chi connectivity index (χ1n) is 6.61. The van der Waals surface area contributed by atoms with Gasteiger partial charge in [-0.15, -0.1) is 0 Å². The summed E-state index contributed by atoms with van der Waals surface area (Å²) >= 11 is 3.40. The van der Waals surface area contributed by atoms with Crippen molar-refractivity contribution in [3.63, 3.8) is 0 Å². The molecule has 0 aliphatic rings. The molecule has 0 atom stereocenters. The molecule has 2 rings (SSSR count). The van der Waals surface area contributed by atoms with Gasteiger partial charge in [0.15, 0.2) is 0 Å². The lowest BCUT2D eigenvalue weighted by molar-refractivity contribution is 0.102. The fraction of sp³-hybridized carbons (Fsp3) is 0.188. The van der Waals surface area contributed by atoms with Crippen LogP contribution in [-0.2, 0) is 0 Å². The molecular weight excluding hydrogens is 332 g/mol. The van der Waals surface area contributed by atoms with Gasteiger partial charge in [0, 0.05) is 15.8 Å². The fourth-order valence-corrected chi connectivity index (χ4v) is 2.49. The maximum absolute atomic E-state index is 12.5. The van der Waals surface area contributed by atoms with Crippen LogP contribution in [0.1, 0.15) is 22.8 Å². The van der Waals surface area contributed by atoms with E-state index in [4.69, 9.17) is 10.5 Å². The van der Waals surface area contributed by atoms with Crippen LogP contribution in [0.25, 0.3) is 0 Å². The summed E-state index contributed by atoms with van der Waals surface area (Å²) in [5.41, 5.74) is 8.39. The first-order valence-corrected chi connectivity index (χ1v) is 7.41. The van der Waals surface area contributed by atoms with Crippen LogP contribution in [0.2, 0.25) is 0 Å². The van der Waals surface area contributed by atoms with Gasteiger partial charge < -0.3 is 15.8 Å². The van der Waals surface area contributed by atoms with Gasteiger partial charge in [0.1, 0.15) is 11.3 Å². The Kier molecular flexibility index (Phi) is 4.85. The molecule has 0 aliphatic carbocycles. The number of amides is 1. The van der Waals surface area contributed by atoms with Crippen molar-refractivity contribution in [2.45, 2.75) is 13.8 Å². The number of nitrogens with one attached hydrogen (secondary N) is 1. The number of aryl methyl sites for hydroxylation is 1. The molecule has 0 fully saturated rings. The molecule has 0 saturated carbocycles. The van der Waals surface area contributed by atoms with Gasteiger partial charge in [-0.05, 0) is 49.7 Å². The van der Waals surface area contributed by atoms with Crippen LogP contribution in [0.15, 0.2) is 40.9 Å². The molecule has 0 unspecified atom stereocenters. The molecule has 0 aliphatic heterocycles. The van der Waals surface area contributed by atoms with Gasteiger partial charge in [-0.25, -0.2) is 0 Å². The van der Waals surface area contributed by atoms with E-state index in [0.717, 1.165) is 15.7 Å². The van der Waals surface area contributed by atoms with E-state index < -0.39 is 0 Å². The molecule has 21 heavy (non-hydrogen) atoms. The number of nitrogens with two attached hydrogens (primary N) is 1. The number of hydrogen-bond donors (Lipinski definition) is 2. The highest BCUT2D eigenvalue weighted by Gasteiger charge is 2.16. The number of carbonyl (C=O) groups is 1. The molecule has 1 amide bonds. The minimum Gasteiger partial charge on any atom is -0.493 e. The normalized spacial score (nSPS) is 10.2. The first kappa shape index (κ1) is 15.4. The predicted molar refractivity (Wildman–Crippen MR) is 88.9 cm³/mol. The second kappa shape index (κ2) is 6.63. The minimum atomic E-state index is -0.276. The van der Waals surface area contributed by atoms with Crippen molar-refractivity contribution in [2.75, 3.05) is 17.7 Å². The highest BCUT2D eigenvalue weighted by Crippen LogP contribution is 2.27. The van der Waals surface area contributed by atoms with E-state index in [1.54, 1.807) is 18.2 Å². The van der Waals surface area contributed by atoms with Gasteiger partial charge in [0.25, 0.3) is 5.91 Å². The van der Waals surface area contributed by atoms with Crippen LogP contribution >= 0.6 is 15.9 Å². The number of nitrogen functional groups attached to an aromatic ring is 1. The van der Waals surface area contributed by atoms with Crippen LogP contribution < -0.4 is 15.8 Å². The van der Waals surface area contributed by atoms with E-state index in [2.05, 4.69) is 21.2 Å². The summed E-state index contributed by atoms with van der Waals surface area (Å²) < 4.78 is 6.44. The zero-order valence-corrected chi connectivity index (χ0v) is 13.5. The van der Waals surface area contributed by atoms with Crippen molar-refractivity contribution in [3.05, 3.63) is 52.0 Å². The zero-order valence-electron chi connectivity index (χ0n) is 11.9. The molecule has 0 bridgehead atoms. The Hall–Kier alpha value is -2.01. The smallest absolute Gasteiger partial charge is 0.261 e. The fourth-order valence-electron chi connectivity index (χ4n) is 2.02. The topological polar surface area (TPSA) is 64.3 Å². The van der Waals surface area contributed by atoms with Gasteiger partial charge in [-0.3, -0.25) is 4.79 Å². The summed E-state index contributed by atoms with van der Waals surface area (Å²) in [4.78, 5) is 12.5. The number of ether oxygens (including phenoxy) is 1. The summed E-state index contributed by atoms with van der Waals surface area (Å²) in [5.74, 6) is 0.215. The third kappa shape index (κ3) is 3.55. The maximum Gasteiger partial charge on any atom is 0.261 e. The molecule has 110 valence electrons. The Morgan fingerprint density at radius 1 is 1.33 bits per heavy atom. The summed E-state index contributed by atoms with van der Waals surface area (Å²) in [6.07, 6.45) is 0. The lowest BCUT2D eigenvalue weighted by Gasteiger charge is -2.14. The highest BCUT2D eigenvalue weighted by atomic mass is 79.9. The summed E-state index contributed by atoms with van der Waals surface area (Å²) in [5, 5.41) is 2.87. The van der Waals surface area contributed by atoms with Crippen LogP contribution in [0.5, 0.6) is 5.75 Å². The molecule has 2 aromatic carbocycles. The molecular formula is C16H17BrN2O2. The first-order chi connectivity index (χ1) is 10.0. The van der Waals surface area contributed by atoms with Crippen LogP contribution in [-0.4, -0.2) is 12.5 Å². The highest BCUT2D eigenvalue weighted by molar-refractivity contribution is 9.10. The van der Waals surface area contributed by atoms with E-state index in [1.165, 1.54) is 0 Å². The van der Waals surface area contributed by atoms with Crippen molar-refractivity contribution in [1.29, 1.82) is 0 Å². The Labute approximate surface area is 132 Å². The molecule has 0 heterocycles. The van der Waals surface area contributed by atoms with E-state index >= 15 is 0 Å². The van der Waals surface area contributed by atoms with Crippen molar-refractivity contribution in [1.82, 2.24) is 0 Å². The molecule has 0 radical (unpaired) electrons. The number of rotatable bonds is 4. The van der Waals surface area contributed by atoms with Crippen LogP contribution in [0, 0.1) is 6.92 Å². The number of carbonyl (C=O) groups excluding carboxylic acids is 1. The van der Waals surface area contributed by atoms with E-state index in [9.17, 15) is 4.79 Å². The Morgan fingerprint density at radius 3 is 2.76 bits per heavy atom. The van der Waals surface area contributed by atoms with E-state index in [-0.39, 0.29) is 5.91 Å². The summed E-state index contributed by atoms with van der Waals surface area (Å²) in [7, 11) is 0. The quantitative estimate of drug-likeness (QED) is 0.821. The lowest BCUT2D eigenvalue weighted by Crippen LogP contribution is -2.16. The summed E-state index contributed by atoms with van der Waals surface area (Å²) in [6.45, 7) is 4.27. The molecule has 2 aromatic rings. The van der Waals surface area contributed by atoms with Gasteiger partial charge in [-0.1, -0.05) is 22.0 Å². The monoisotopic (exact) mass is 348 g/mol. The SMILES string of the molecule is CCOc1cccc(N)c1C(=O)Nc1ccc(Br)cc1C. The lowest BCUT2D eigenvalue weighted by atomic mass is 10.1. The third-order valence-electron chi connectivity index (χ3n) is 3.02. The largest absolute Gasteiger partial charge is 0.493 e. The third-order valence-corrected chi connectivity index (χ3v) is 3.52. The van der Waals surface area contributed by atoms with Gasteiger partial charge in [-0.2, -0.15) is 0 Å². The standard InChI is InChI=1S/C16H17BrN2O2/c1-3-21-14-6-4-5-12(18)15(14)16(20)19-13-8-7-11(17)9-10(13)2/h4-9H,3,18H2,1-2H3,(H,19,20). The summed E-state index contributed by atoms with van der Waals surface area (Å²) in [6, 6.07) is 10.8. The van der Waals surface area contributed by atoms with Gasteiger partial charge in [0.2, 0.25) is 0 Å². The predicted octanol–water partition coefficient (Wildman–Crippen LogP) is 3.99. The number of halogens is 1. The Morgan fingerprint density at radius 2 is 2.10 bits per heavy atom. The molecule has 5 heteroatoms. The van der Waals surface area contributed by atoms with Crippen molar-refractivity contribution < 1.29 is 9.53 Å². The van der Waals surface area contributed by atoms with E-state index in [1.807, 2.05) is 32.0 Å². The minimum absolute atomic E-state index is 0.276. The average molecular weight is 349 g/mol. The van der Waals surface area contributed by atoms with Crippen LogP contribution in [0.4, 0.5) is 11.4 Å². The van der Waals surface area contributed by atoms with Crippen molar-refractivity contribution >= 4 is 33.2 Å². The van der Waals surface area contributed by atoms with Crippen molar-refractivity contribution in [2.24, 2.45) is 0 Å². The van der Waals surface area contributed by atoms with Gasteiger partial charge in [0.05, 0.1) is 6.61 Å². The van der Waals surface area contributed by atoms with Gasteiger partial charge >= 0.3 is 0 Å². The molecule has 0 saturated heterocycles. The maximum atomic E-state index is 12.5. The molecule has 3 N–H and O–H groups in total. The Balaban J connectivity index is 2.32. The second-order valence-corrected chi connectivity index (χ2v) is 5.48. The number of anilines is 2. The Bertz CT molecular complexity index is 671. The van der Waals surface area contributed by atoms with Crippen molar-refractivity contribution in [3.8, 4) is 5.75 Å². The number of hydrogen-bond acceptors (Lipinski definition) is 3. The zero-order chi connectivity index (χ0) is 15.4. The molecule has 4 nitrogen and oxygen atoms in total. The van der Waals surface area contributed by atoms with E-state index in [0.29, 0.717) is 23.6 Å². The number of benzene rings is 2. The molecule has 0 spiro atoms. The second-order valence-electron chi connectivity index (χ2n) is 4.57.